The van der Waals surface area contributed by atoms with Crippen LogP contribution in [0.5, 0.6) is 0 Å². The minimum absolute atomic E-state index is 0. The van der Waals surface area contributed by atoms with Gasteiger partial charge in [-0.3, -0.25) is 9.69 Å². The number of benzene rings is 1. The second-order valence-electron chi connectivity index (χ2n) is 7.79. The molecule has 2 fully saturated rings. The first-order valence-corrected chi connectivity index (χ1v) is 11.3. The molecule has 4 rings (SSSR count). The Balaban J connectivity index is 0.00000225. The molecule has 0 aliphatic carbocycles. The number of nitrogens with zero attached hydrogens (tertiary/aromatic N) is 3. The third kappa shape index (κ3) is 4.21. The Labute approximate surface area is 173 Å². The Hall–Kier alpha value is -1.19. The summed E-state index contributed by atoms with van der Waals surface area (Å²) in [5.74, 6) is 0.0542. The highest BCUT2D eigenvalue weighted by Crippen LogP contribution is 2.32. The Kier molecular flexibility index (Phi) is 6.66. The zero-order valence-electron chi connectivity index (χ0n) is 16.3. The number of carbonyl (C=O) groups is 1. The van der Waals surface area contributed by atoms with Gasteiger partial charge in [0.15, 0.2) is 0 Å². The van der Waals surface area contributed by atoms with Gasteiger partial charge in [0.1, 0.15) is 0 Å². The molecule has 3 aliphatic heterocycles. The highest BCUT2D eigenvalue weighted by molar-refractivity contribution is 7.89. The molecule has 1 amide bonds. The normalized spacial score (nSPS) is 23.5. The molecular formula is C19H29ClN4O3S. The number of anilines is 1. The summed E-state index contributed by atoms with van der Waals surface area (Å²) in [6.45, 7) is 6.92. The number of nitrogens with one attached hydrogen (secondary N) is 1. The molecule has 2 saturated heterocycles. The molecule has 1 N–H and O–H groups in total. The molecule has 0 unspecified atom stereocenters. The number of amides is 1. The minimum atomic E-state index is -3.47. The number of halogens is 1. The SMILES string of the molecule is C[C@@H]1CN(CC(=O)N2CCc3ccc(S(=O)(=O)N4CCCC4)cc32)CCN1.Cl. The van der Waals surface area contributed by atoms with Crippen molar-refractivity contribution in [3.8, 4) is 0 Å². The molecule has 0 saturated carbocycles. The van der Waals surface area contributed by atoms with Crippen LogP contribution in [-0.2, 0) is 21.2 Å². The maximum absolute atomic E-state index is 12.9. The number of rotatable bonds is 4. The maximum Gasteiger partial charge on any atom is 0.243 e. The van der Waals surface area contributed by atoms with Crippen molar-refractivity contribution < 1.29 is 13.2 Å². The van der Waals surface area contributed by atoms with E-state index in [0.29, 0.717) is 37.1 Å². The number of hydrogen-bond acceptors (Lipinski definition) is 5. The predicted molar refractivity (Wildman–Crippen MR) is 112 cm³/mol. The van der Waals surface area contributed by atoms with Crippen LogP contribution in [0.15, 0.2) is 23.1 Å². The van der Waals surface area contributed by atoms with Crippen molar-refractivity contribution in [2.24, 2.45) is 0 Å². The summed E-state index contributed by atoms with van der Waals surface area (Å²) in [4.78, 5) is 17.2. The standard InChI is InChI=1S/C19H28N4O3S.ClH/c1-15-13-21(11-7-20-15)14-19(24)23-10-6-16-4-5-17(12-18(16)23)27(25,26)22-8-2-3-9-22;/h4-5,12,15,20H,2-3,6-11,13-14H2,1H3;1H/t15-;/m1./s1. The zero-order valence-corrected chi connectivity index (χ0v) is 17.9. The lowest BCUT2D eigenvalue weighted by molar-refractivity contribution is -0.119. The van der Waals surface area contributed by atoms with Gasteiger partial charge in [-0.15, -0.1) is 12.4 Å². The van der Waals surface area contributed by atoms with E-state index < -0.39 is 10.0 Å². The molecular weight excluding hydrogens is 400 g/mol. The van der Waals surface area contributed by atoms with Gasteiger partial charge in [-0.25, -0.2) is 8.42 Å². The van der Waals surface area contributed by atoms with E-state index in [0.717, 1.165) is 50.1 Å². The van der Waals surface area contributed by atoms with Crippen molar-refractivity contribution in [1.29, 1.82) is 0 Å². The minimum Gasteiger partial charge on any atom is -0.312 e. The Morgan fingerprint density at radius 1 is 1.18 bits per heavy atom. The van der Waals surface area contributed by atoms with Crippen molar-refractivity contribution in [2.75, 3.05) is 50.7 Å². The van der Waals surface area contributed by atoms with Crippen LogP contribution in [0.3, 0.4) is 0 Å². The van der Waals surface area contributed by atoms with E-state index in [-0.39, 0.29) is 18.3 Å². The summed E-state index contributed by atoms with van der Waals surface area (Å²) in [7, 11) is -3.47. The maximum atomic E-state index is 12.9. The number of piperazine rings is 1. The van der Waals surface area contributed by atoms with Crippen molar-refractivity contribution >= 4 is 34.0 Å². The number of hydrogen-bond donors (Lipinski definition) is 1. The van der Waals surface area contributed by atoms with E-state index in [2.05, 4.69) is 17.1 Å². The average Bonchev–Trinajstić information content (AvgIpc) is 3.31. The van der Waals surface area contributed by atoms with E-state index >= 15 is 0 Å². The number of carbonyl (C=O) groups excluding carboxylic acids is 1. The van der Waals surface area contributed by atoms with Crippen molar-refractivity contribution in [1.82, 2.24) is 14.5 Å². The van der Waals surface area contributed by atoms with Gasteiger partial charge in [0.25, 0.3) is 0 Å². The fourth-order valence-corrected chi connectivity index (χ4v) is 5.83. The fourth-order valence-electron chi connectivity index (χ4n) is 4.29. The molecule has 1 aromatic carbocycles. The highest BCUT2D eigenvalue weighted by atomic mass is 35.5. The van der Waals surface area contributed by atoms with Crippen LogP contribution >= 0.6 is 12.4 Å². The first kappa shape index (κ1) is 21.5. The third-order valence-corrected chi connectivity index (χ3v) is 7.66. The van der Waals surface area contributed by atoms with E-state index in [1.54, 1.807) is 21.3 Å². The molecule has 0 aromatic heterocycles. The number of fused-ring (bicyclic) bond motifs is 1. The second-order valence-corrected chi connectivity index (χ2v) is 9.73. The quantitative estimate of drug-likeness (QED) is 0.776. The first-order chi connectivity index (χ1) is 12.9. The van der Waals surface area contributed by atoms with E-state index in [1.807, 2.05) is 6.07 Å². The first-order valence-electron chi connectivity index (χ1n) is 9.84. The second kappa shape index (κ2) is 8.67. The molecule has 1 atom stereocenters. The Morgan fingerprint density at radius 2 is 1.93 bits per heavy atom. The van der Waals surface area contributed by atoms with Crippen molar-refractivity contribution in [3.05, 3.63) is 23.8 Å². The van der Waals surface area contributed by atoms with Crippen molar-refractivity contribution in [2.45, 2.75) is 37.1 Å². The monoisotopic (exact) mass is 428 g/mol. The van der Waals surface area contributed by atoms with E-state index in [1.165, 1.54) is 0 Å². The van der Waals surface area contributed by atoms with Gasteiger partial charge in [-0.2, -0.15) is 4.31 Å². The average molecular weight is 429 g/mol. The predicted octanol–water partition coefficient (Wildman–Crippen LogP) is 1.08. The van der Waals surface area contributed by atoms with Gasteiger partial charge >= 0.3 is 0 Å². The van der Waals surface area contributed by atoms with Crippen LogP contribution in [0.25, 0.3) is 0 Å². The van der Waals surface area contributed by atoms with Crippen LogP contribution in [-0.4, -0.2) is 75.4 Å². The lowest BCUT2D eigenvalue weighted by atomic mass is 10.2. The molecule has 0 bridgehead atoms. The summed E-state index contributed by atoms with van der Waals surface area (Å²) in [6.07, 6.45) is 2.61. The van der Waals surface area contributed by atoms with Crippen LogP contribution < -0.4 is 10.2 Å². The molecule has 9 heteroatoms. The van der Waals surface area contributed by atoms with Gasteiger partial charge in [-0.1, -0.05) is 6.07 Å². The summed E-state index contributed by atoms with van der Waals surface area (Å²) < 4.78 is 27.3. The van der Waals surface area contributed by atoms with E-state index in [9.17, 15) is 13.2 Å². The molecule has 28 heavy (non-hydrogen) atoms. The molecule has 1 aromatic rings. The molecule has 156 valence electrons. The van der Waals surface area contributed by atoms with Crippen LogP contribution in [0.4, 0.5) is 5.69 Å². The highest BCUT2D eigenvalue weighted by Gasteiger charge is 2.31. The molecule has 3 heterocycles. The zero-order chi connectivity index (χ0) is 19.0. The lowest BCUT2D eigenvalue weighted by Gasteiger charge is -2.32. The third-order valence-electron chi connectivity index (χ3n) is 5.77. The molecule has 7 nitrogen and oxygen atoms in total. The van der Waals surface area contributed by atoms with Crippen LogP contribution in [0.1, 0.15) is 25.3 Å². The van der Waals surface area contributed by atoms with Gasteiger partial charge in [-0.05, 0) is 43.9 Å². The van der Waals surface area contributed by atoms with Gasteiger partial charge in [0, 0.05) is 51.0 Å². The summed E-state index contributed by atoms with van der Waals surface area (Å²) in [5.41, 5.74) is 1.82. The summed E-state index contributed by atoms with van der Waals surface area (Å²) >= 11 is 0. The van der Waals surface area contributed by atoms with Crippen LogP contribution in [0.2, 0.25) is 0 Å². The summed E-state index contributed by atoms with van der Waals surface area (Å²) in [5, 5.41) is 3.38. The van der Waals surface area contributed by atoms with Gasteiger partial charge < -0.3 is 10.2 Å². The topological polar surface area (TPSA) is 73.0 Å². The van der Waals surface area contributed by atoms with Crippen molar-refractivity contribution in [3.63, 3.8) is 0 Å². The molecule has 0 radical (unpaired) electrons. The molecule has 3 aliphatic rings. The van der Waals surface area contributed by atoms with Crippen LogP contribution in [0, 0.1) is 0 Å². The smallest absolute Gasteiger partial charge is 0.243 e. The van der Waals surface area contributed by atoms with Gasteiger partial charge in [0.2, 0.25) is 15.9 Å². The molecule has 0 spiro atoms. The summed E-state index contributed by atoms with van der Waals surface area (Å²) in [6, 6.07) is 5.65. The van der Waals surface area contributed by atoms with Gasteiger partial charge in [0.05, 0.1) is 11.4 Å². The fraction of sp³-hybridized carbons (Fsp3) is 0.632. The van der Waals surface area contributed by atoms with E-state index in [4.69, 9.17) is 0 Å². The Morgan fingerprint density at radius 3 is 2.64 bits per heavy atom. The largest absolute Gasteiger partial charge is 0.312 e. The number of sulfonamides is 1. The Bertz CT molecular complexity index is 826. The lowest BCUT2D eigenvalue weighted by Crippen LogP contribution is -2.52.